The van der Waals surface area contributed by atoms with Gasteiger partial charge in [0.2, 0.25) is 0 Å². The number of hydrogen-bond acceptors (Lipinski definition) is 3. The highest BCUT2D eigenvalue weighted by Gasteiger charge is 2.20. The van der Waals surface area contributed by atoms with E-state index < -0.39 is 0 Å². The van der Waals surface area contributed by atoms with Crippen molar-refractivity contribution in [2.75, 3.05) is 32.1 Å². The van der Waals surface area contributed by atoms with Gasteiger partial charge in [-0.05, 0) is 38.1 Å². The molecule has 17 heavy (non-hydrogen) atoms. The quantitative estimate of drug-likeness (QED) is 0.928. The topological polar surface area (TPSA) is 24.5 Å². The first-order valence-corrected chi connectivity index (χ1v) is 6.79. The number of benzene rings is 1. The summed E-state index contributed by atoms with van der Waals surface area (Å²) in [6.45, 7) is 2.16. The Morgan fingerprint density at radius 3 is 2.65 bits per heavy atom. The molecule has 1 aromatic carbocycles. The first-order valence-electron chi connectivity index (χ1n) is 6.00. The summed E-state index contributed by atoms with van der Waals surface area (Å²) in [6, 6.07) is 6.83. The molecule has 1 heterocycles. The van der Waals surface area contributed by atoms with Crippen LogP contribution < -0.4 is 15.0 Å². The smallest absolute Gasteiger partial charge is 0.142 e. The standard InChI is InChI=1S/C13H19BrN2O/c1-15-11-5-7-16(8-6-11)12-9-10(14)3-4-13(12)17-2/h3-4,9,11,15H,5-8H2,1-2H3. The van der Waals surface area contributed by atoms with Crippen molar-refractivity contribution in [2.45, 2.75) is 18.9 Å². The van der Waals surface area contributed by atoms with Gasteiger partial charge in [-0.1, -0.05) is 15.9 Å². The average molecular weight is 299 g/mol. The number of nitrogens with zero attached hydrogens (tertiary/aromatic N) is 1. The van der Waals surface area contributed by atoms with Crippen molar-refractivity contribution in [1.82, 2.24) is 5.32 Å². The summed E-state index contributed by atoms with van der Waals surface area (Å²) in [5, 5.41) is 3.35. The van der Waals surface area contributed by atoms with Crippen LogP contribution in [0.2, 0.25) is 0 Å². The number of ether oxygens (including phenoxy) is 1. The molecule has 1 saturated heterocycles. The number of hydrogen-bond donors (Lipinski definition) is 1. The van der Waals surface area contributed by atoms with Crippen LogP contribution in [0, 0.1) is 0 Å². The van der Waals surface area contributed by atoms with Gasteiger partial charge in [0.1, 0.15) is 5.75 Å². The fourth-order valence-corrected chi connectivity index (χ4v) is 2.67. The van der Waals surface area contributed by atoms with Crippen LogP contribution in [0.1, 0.15) is 12.8 Å². The molecule has 4 heteroatoms. The van der Waals surface area contributed by atoms with Gasteiger partial charge >= 0.3 is 0 Å². The van der Waals surface area contributed by atoms with E-state index in [2.05, 4.69) is 32.2 Å². The van der Waals surface area contributed by atoms with Crippen LogP contribution in [0.25, 0.3) is 0 Å². The molecule has 1 aromatic rings. The summed E-state index contributed by atoms with van der Waals surface area (Å²) < 4.78 is 6.53. The molecule has 1 aliphatic rings. The van der Waals surface area contributed by atoms with E-state index in [0.717, 1.165) is 23.3 Å². The Morgan fingerprint density at radius 1 is 1.35 bits per heavy atom. The molecule has 1 fully saturated rings. The highest BCUT2D eigenvalue weighted by Crippen LogP contribution is 2.32. The van der Waals surface area contributed by atoms with E-state index in [-0.39, 0.29) is 0 Å². The second kappa shape index (κ2) is 5.74. The molecule has 0 saturated carbocycles. The summed E-state index contributed by atoms with van der Waals surface area (Å²) >= 11 is 3.52. The molecular formula is C13H19BrN2O. The lowest BCUT2D eigenvalue weighted by atomic mass is 10.0. The Labute approximate surface area is 111 Å². The van der Waals surface area contributed by atoms with Crippen molar-refractivity contribution in [2.24, 2.45) is 0 Å². The maximum atomic E-state index is 5.43. The van der Waals surface area contributed by atoms with Crippen molar-refractivity contribution in [3.63, 3.8) is 0 Å². The van der Waals surface area contributed by atoms with Crippen molar-refractivity contribution < 1.29 is 4.74 Å². The molecule has 0 atom stereocenters. The van der Waals surface area contributed by atoms with Crippen molar-refractivity contribution in [1.29, 1.82) is 0 Å². The Hall–Kier alpha value is -0.740. The molecular weight excluding hydrogens is 280 g/mol. The second-order valence-corrected chi connectivity index (χ2v) is 5.28. The minimum atomic E-state index is 0.657. The van der Waals surface area contributed by atoms with Crippen LogP contribution in [-0.2, 0) is 0 Å². The van der Waals surface area contributed by atoms with Crippen LogP contribution in [0.15, 0.2) is 22.7 Å². The summed E-state index contributed by atoms with van der Waals surface area (Å²) in [7, 11) is 3.77. The maximum absolute atomic E-state index is 5.43. The third kappa shape index (κ3) is 2.93. The van der Waals surface area contributed by atoms with Crippen molar-refractivity contribution in [3.8, 4) is 5.75 Å². The molecule has 0 amide bonds. The van der Waals surface area contributed by atoms with Gasteiger partial charge in [0.05, 0.1) is 12.8 Å². The zero-order chi connectivity index (χ0) is 12.3. The summed E-state index contributed by atoms with van der Waals surface area (Å²) in [6.07, 6.45) is 2.37. The predicted molar refractivity (Wildman–Crippen MR) is 75.0 cm³/mol. The molecule has 0 spiro atoms. The number of halogens is 1. The Bertz CT molecular complexity index is 376. The van der Waals surface area contributed by atoms with E-state index in [4.69, 9.17) is 4.74 Å². The van der Waals surface area contributed by atoms with Crippen molar-refractivity contribution >= 4 is 21.6 Å². The largest absolute Gasteiger partial charge is 0.495 e. The van der Waals surface area contributed by atoms with E-state index in [9.17, 15) is 0 Å². The van der Waals surface area contributed by atoms with E-state index in [1.54, 1.807) is 7.11 Å². The first-order chi connectivity index (χ1) is 8.24. The van der Waals surface area contributed by atoms with Gasteiger partial charge < -0.3 is 15.0 Å². The van der Waals surface area contributed by atoms with Crippen LogP contribution in [-0.4, -0.2) is 33.3 Å². The van der Waals surface area contributed by atoms with Crippen LogP contribution in [0.4, 0.5) is 5.69 Å². The fourth-order valence-electron chi connectivity index (χ4n) is 2.32. The molecule has 0 aromatic heterocycles. The molecule has 0 bridgehead atoms. The van der Waals surface area contributed by atoms with Gasteiger partial charge in [-0.2, -0.15) is 0 Å². The van der Waals surface area contributed by atoms with Gasteiger partial charge in [-0.3, -0.25) is 0 Å². The molecule has 94 valence electrons. The number of rotatable bonds is 3. The number of methoxy groups -OCH3 is 1. The predicted octanol–water partition coefficient (Wildman–Crippen LogP) is 2.65. The van der Waals surface area contributed by atoms with E-state index in [1.807, 2.05) is 19.2 Å². The minimum absolute atomic E-state index is 0.657. The second-order valence-electron chi connectivity index (χ2n) is 4.37. The molecule has 0 aliphatic carbocycles. The lowest BCUT2D eigenvalue weighted by molar-refractivity contribution is 0.406. The average Bonchev–Trinajstić information content (AvgIpc) is 2.39. The number of nitrogens with one attached hydrogen (secondary N) is 1. The zero-order valence-electron chi connectivity index (χ0n) is 10.4. The summed E-state index contributed by atoms with van der Waals surface area (Å²) in [5.41, 5.74) is 1.19. The molecule has 1 N–H and O–H groups in total. The number of anilines is 1. The highest BCUT2D eigenvalue weighted by atomic mass is 79.9. The normalized spacial score (nSPS) is 17.2. The van der Waals surface area contributed by atoms with Crippen LogP contribution in [0.3, 0.4) is 0 Å². The van der Waals surface area contributed by atoms with E-state index in [1.165, 1.54) is 18.5 Å². The molecule has 1 aliphatic heterocycles. The molecule has 3 nitrogen and oxygen atoms in total. The Kier molecular flexibility index (Phi) is 4.29. The molecule has 0 radical (unpaired) electrons. The van der Waals surface area contributed by atoms with Crippen LogP contribution in [0.5, 0.6) is 5.75 Å². The van der Waals surface area contributed by atoms with Gasteiger partial charge in [-0.15, -0.1) is 0 Å². The maximum Gasteiger partial charge on any atom is 0.142 e. The van der Waals surface area contributed by atoms with Crippen molar-refractivity contribution in [3.05, 3.63) is 22.7 Å². The van der Waals surface area contributed by atoms with E-state index in [0.29, 0.717) is 6.04 Å². The van der Waals surface area contributed by atoms with E-state index >= 15 is 0 Å². The number of piperidine rings is 1. The lowest BCUT2D eigenvalue weighted by Gasteiger charge is -2.34. The Morgan fingerprint density at radius 2 is 2.06 bits per heavy atom. The van der Waals surface area contributed by atoms with Gasteiger partial charge in [0, 0.05) is 23.6 Å². The minimum Gasteiger partial charge on any atom is -0.495 e. The monoisotopic (exact) mass is 298 g/mol. The fraction of sp³-hybridized carbons (Fsp3) is 0.538. The van der Waals surface area contributed by atoms with Gasteiger partial charge in [-0.25, -0.2) is 0 Å². The summed E-state index contributed by atoms with van der Waals surface area (Å²) in [5.74, 6) is 0.955. The lowest BCUT2D eigenvalue weighted by Crippen LogP contribution is -2.41. The SMILES string of the molecule is CNC1CCN(c2cc(Br)ccc2OC)CC1. The molecule has 2 rings (SSSR count). The summed E-state index contributed by atoms with van der Waals surface area (Å²) in [4.78, 5) is 2.40. The highest BCUT2D eigenvalue weighted by molar-refractivity contribution is 9.10. The third-order valence-corrected chi connectivity index (χ3v) is 3.88. The first kappa shape index (κ1) is 12.7. The Balaban J connectivity index is 2.14. The van der Waals surface area contributed by atoms with Gasteiger partial charge in [0.15, 0.2) is 0 Å². The van der Waals surface area contributed by atoms with Crippen LogP contribution >= 0.6 is 15.9 Å². The molecule has 0 unspecified atom stereocenters. The van der Waals surface area contributed by atoms with Gasteiger partial charge in [0.25, 0.3) is 0 Å². The third-order valence-electron chi connectivity index (χ3n) is 3.38. The zero-order valence-corrected chi connectivity index (χ0v) is 12.0.